The average Bonchev–Trinajstić information content (AvgIpc) is 2.42. The Morgan fingerprint density at radius 1 is 1.26 bits per heavy atom. The van der Waals surface area contributed by atoms with Crippen LogP contribution in [0.1, 0.15) is 13.3 Å². The lowest BCUT2D eigenvalue weighted by Gasteiger charge is -2.12. The molecule has 5 heteroatoms. The predicted molar refractivity (Wildman–Crippen MR) is 78.7 cm³/mol. The summed E-state index contributed by atoms with van der Waals surface area (Å²) in [6.07, 6.45) is 2.59. The fourth-order valence-corrected chi connectivity index (χ4v) is 1.80. The minimum absolute atomic E-state index is 0.433. The van der Waals surface area contributed by atoms with Gasteiger partial charge in [0.25, 0.3) is 5.88 Å². The smallest absolute Gasteiger partial charge is 0.262 e. The number of benzene rings is 1. The van der Waals surface area contributed by atoms with Crippen molar-refractivity contribution in [1.29, 1.82) is 0 Å². The molecule has 0 saturated carbocycles. The molecular formula is C14H15BrN2O2. The van der Waals surface area contributed by atoms with Gasteiger partial charge in [0.2, 0.25) is 0 Å². The molecule has 2 N–H and O–H groups in total. The van der Waals surface area contributed by atoms with Crippen LogP contribution in [0.25, 0.3) is 0 Å². The second kappa shape index (κ2) is 6.43. The summed E-state index contributed by atoms with van der Waals surface area (Å²) in [4.78, 5) is 4.19. The van der Waals surface area contributed by atoms with Gasteiger partial charge in [-0.05, 0) is 46.6 Å². The Morgan fingerprint density at radius 2 is 2.11 bits per heavy atom. The molecule has 0 aliphatic heterocycles. The average molecular weight is 323 g/mol. The van der Waals surface area contributed by atoms with Crippen LogP contribution >= 0.6 is 15.9 Å². The van der Waals surface area contributed by atoms with Crippen molar-refractivity contribution in [2.24, 2.45) is 0 Å². The van der Waals surface area contributed by atoms with Crippen LogP contribution in [0.15, 0.2) is 41.0 Å². The Bertz CT molecular complexity index is 561. The quantitative estimate of drug-likeness (QED) is 0.845. The number of nitrogen functional groups attached to an aromatic ring is 1. The van der Waals surface area contributed by atoms with Crippen LogP contribution in [0.5, 0.6) is 17.4 Å². The third-order valence-corrected chi connectivity index (χ3v) is 3.01. The summed E-state index contributed by atoms with van der Waals surface area (Å²) in [7, 11) is 0. The minimum atomic E-state index is 0.433. The van der Waals surface area contributed by atoms with E-state index in [9.17, 15) is 0 Å². The summed E-state index contributed by atoms with van der Waals surface area (Å²) in [5.41, 5.74) is 6.38. The number of hydrogen-bond acceptors (Lipinski definition) is 4. The molecular weight excluding hydrogens is 308 g/mol. The number of ether oxygens (including phenoxy) is 2. The van der Waals surface area contributed by atoms with E-state index in [1.165, 1.54) is 0 Å². The molecule has 0 atom stereocenters. The number of rotatable bonds is 5. The highest BCUT2D eigenvalue weighted by Gasteiger charge is 2.09. The number of aromatic nitrogens is 1. The Balaban J connectivity index is 2.25. The molecule has 1 aromatic heterocycles. The molecule has 4 nitrogen and oxygen atoms in total. The van der Waals surface area contributed by atoms with E-state index in [0.29, 0.717) is 29.7 Å². The zero-order chi connectivity index (χ0) is 13.7. The van der Waals surface area contributed by atoms with E-state index in [4.69, 9.17) is 15.2 Å². The predicted octanol–water partition coefficient (Wildman–Crippen LogP) is 4.01. The van der Waals surface area contributed by atoms with Gasteiger partial charge in [0.15, 0.2) is 5.75 Å². The molecule has 0 fully saturated rings. The van der Waals surface area contributed by atoms with Gasteiger partial charge in [0, 0.05) is 18.0 Å². The molecule has 100 valence electrons. The molecule has 0 aliphatic rings. The van der Waals surface area contributed by atoms with Crippen molar-refractivity contribution in [3.05, 3.63) is 41.0 Å². The van der Waals surface area contributed by atoms with E-state index >= 15 is 0 Å². The van der Waals surface area contributed by atoms with Crippen molar-refractivity contribution in [3.63, 3.8) is 0 Å². The fraction of sp³-hybridized carbons (Fsp3) is 0.214. The van der Waals surface area contributed by atoms with Crippen molar-refractivity contribution >= 4 is 21.6 Å². The van der Waals surface area contributed by atoms with Gasteiger partial charge >= 0.3 is 0 Å². The van der Waals surface area contributed by atoms with Crippen LogP contribution in [0.3, 0.4) is 0 Å². The molecule has 2 rings (SSSR count). The largest absolute Gasteiger partial charge is 0.488 e. The van der Waals surface area contributed by atoms with E-state index in [1.807, 2.05) is 25.1 Å². The van der Waals surface area contributed by atoms with Crippen LogP contribution in [-0.2, 0) is 0 Å². The molecule has 0 radical (unpaired) electrons. The van der Waals surface area contributed by atoms with E-state index in [-0.39, 0.29) is 0 Å². The molecule has 0 aliphatic carbocycles. The normalized spacial score (nSPS) is 10.2. The van der Waals surface area contributed by atoms with Gasteiger partial charge in [0.1, 0.15) is 5.75 Å². The first-order chi connectivity index (χ1) is 9.20. The highest BCUT2D eigenvalue weighted by Crippen LogP contribution is 2.34. The molecule has 0 bridgehead atoms. The second-order valence-corrected chi connectivity index (χ2v) is 4.80. The summed E-state index contributed by atoms with van der Waals surface area (Å²) >= 11 is 3.42. The lowest BCUT2D eigenvalue weighted by Crippen LogP contribution is -1.99. The SMILES string of the molecule is CCCOc1cccnc1Oc1cc(N)ccc1Br. The summed E-state index contributed by atoms with van der Waals surface area (Å²) < 4.78 is 12.2. The van der Waals surface area contributed by atoms with Gasteiger partial charge in [-0.2, -0.15) is 0 Å². The third-order valence-electron chi connectivity index (χ3n) is 2.36. The van der Waals surface area contributed by atoms with Crippen molar-refractivity contribution < 1.29 is 9.47 Å². The Kier molecular flexibility index (Phi) is 4.63. The zero-order valence-corrected chi connectivity index (χ0v) is 12.2. The van der Waals surface area contributed by atoms with E-state index in [0.717, 1.165) is 10.9 Å². The molecule has 2 aromatic rings. The first-order valence-corrected chi connectivity index (χ1v) is 6.80. The van der Waals surface area contributed by atoms with Crippen LogP contribution in [0.2, 0.25) is 0 Å². The lowest BCUT2D eigenvalue weighted by atomic mass is 10.3. The van der Waals surface area contributed by atoms with Crippen LogP contribution < -0.4 is 15.2 Å². The van der Waals surface area contributed by atoms with Gasteiger partial charge in [-0.25, -0.2) is 4.98 Å². The summed E-state index contributed by atoms with van der Waals surface area (Å²) in [6, 6.07) is 9.01. The van der Waals surface area contributed by atoms with Crippen LogP contribution in [0, 0.1) is 0 Å². The fourth-order valence-electron chi connectivity index (χ4n) is 1.48. The Morgan fingerprint density at radius 3 is 2.89 bits per heavy atom. The molecule has 0 saturated heterocycles. The number of hydrogen-bond donors (Lipinski definition) is 1. The highest BCUT2D eigenvalue weighted by atomic mass is 79.9. The van der Waals surface area contributed by atoms with Crippen LogP contribution in [0.4, 0.5) is 5.69 Å². The molecule has 0 unspecified atom stereocenters. The van der Waals surface area contributed by atoms with Gasteiger partial charge < -0.3 is 15.2 Å². The standard InChI is InChI=1S/C14H15BrN2O2/c1-2-8-18-12-4-3-7-17-14(12)19-13-9-10(16)5-6-11(13)15/h3-7,9H,2,8,16H2,1H3. The lowest BCUT2D eigenvalue weighted by molar-refractivity contribution is 0.298. The molecule has 1 heterocycles. The van der Waals surface area contributed by atoms with Crippen LogP contribution in [-0.4, -0.2) is 11.6 Å². The summed E-state index contributed by atoms with van der Waals surface area (Å²) in [5.74, 6) is 1.67. The van der Waals surface area contributed by atoms with E-state index < -0.39 is 0 Å². The summed E-state index contributed by atoms with van der Waals surface area (Å²) in [5, 5.41) is 0. The molecule has 19 heavy (non-hydrogen) atoms. The molecule has 1 aromatic carbocycles. The van der Waals surface area contributed by atoms with Gasteiger partial charge in [-0.3, -0.25) is 0 Å². The Labute approximate surface area is 120 Å². The van der Waals surface area contributed by atoms with Gasteiger partial charge in [-0.15, -0.1) is 0 Å². The molecule has 0 spiro atoms. The zero-order valence-electron chi connectivity index (χ0n) is 10.6. The monoisotopic (exact) mass is 322 g/mol. The van der Waals surface area contributed by atoms with E-state index in [2.05, 4.69) is 20.9 Å². The maximum atomic E-state index is 5.76. The second-order valence-electron chi connectivity index (χ2n) is 3.95. The maximum Gasteiger partial charge on any atom is 0.262 e. The summed E-state index contributed by atoms with van der Waals surface area (Å²) in [6.45, 7) is 2.67. The van der Waals surface area contributed by atoms with Gasteiger partial charge in [0.05, 0.1) is 11.1 Å². The van der Waals surface area contributed by atoms with Crippen molar-refractivity contribution in [3.8, 4) is 17.4 Å². The van der Waals surface area contributed by atoms with Crippen molar-refractivity contribution in [2.45, 2.75) is 13.3 Å². The number of nitrogens with zero attached hydrogens (tertiary/aromatic N) is 1. The number of nitrogens with two attached hydrogens (primary N) is 1. The minimum Gasteiger partial charge on any atom is -0.488 e. The van der Waals surface area contributed by atoms with Crippen molar-refractivity contribution in [1.82, 2.24) is 4.98 Å². The maximum absolute atomic E-state index is 5.76. The number of pyridine rings is 1. The first kappa shape index (κ1) is 13.7. The number of anilines is 1. The molecule has 0 amide bonds. The van der Waals surface area contributed by atoms with E-state index in [1.54, 1.807) is 18.3 Å². The topological polar surface area (TPSA) is 57.4 Å². The highest BCUT2D eigenvalue weighted by molar-refractivity contribution is 9.10. The van der Waals surface area contributed by atoms with Gasteiger partial charge in [-0.1, -0.05) is 6.92 Å². The third kappa shape index (κ3) is 3.61. The van der Waals surface area contributed by atoms with Crippen molar-refractivity contribution in [2.75, 3.05) is 12.3 Å². The Hall–Kier alpha value is -1.75. The number of halogens is 1. The first-order valence-electron chi connectivity index (χ1n) is 6.01.